The summed E-state index contributed by atoms with van der Waals surface area (Å²) in [4.78, 5) is -0.573. The minimum Gasteiger partial charge on any atom is -0.364 e. The minimum absolute atomic E-state index is 0.106. The van der Waals surface area contributed by atoms with Crippen LogP contribution in [0.2, 0.25) is 5.02 Å². The van der Waals surface area contributed by atoms with Crippen molar-refractivity contribution in [1.29, 1.82) is 0 Å². The van der Waals surface area contributed by atoms with Crippen molar-refractivity contribution in [2.24, 2.45) is 11.1 Å². The molecule has 3 aliphatic rings. The first kappa shape index (κ1) is 16.3. The largest absolute Gasteiger partial charge is 0.364 e. The molecule has 0 amide bonds. The van der Waals surface area contributed by atoms with Crippen LogP contribution in [-0.2, 0) is 20.0 Å². The Balaban J connectivity index is 1.80. The van der Waals surface area contributed by atoms with Crippen LogP contribution in [0, 0.1) is 5.92 Å². The van der Waals surface area contributed by atoms with Gasteiger partial charge in [-0.2, -0.15) is 4.72 Å². The minimum atomic E-state index is -4.11. The number of nitrogens with two attached hydrogens (primary N) is 1. The van der Waals surface area contributed by atoms with Gasteiger partial charge in [-0.1, -0.05) is 17.2 Å². The molecule has 2 unspecified atom stereocenters. The quantitative estimate of drug-likeness (QED) is 0.662. The normalized spacial score (nSPS) is 27.9. The molecular weight excluding hydrogens is 374 g/mol. The number of nitrogens with one attached hydrogen (secondary N) is 2. The summed E-state index contributed by atoms with van der Waals surface area (Å²) in [6, 6.07) is 2.30. The van der Waals surface area contributed by atoms with Crippen molar-refractivity contribution in [2.75, 3.05) is 5.32 Å². The molecule has 1 aromatic rings. The number of hydrogen-bond acceptors (Lipinski definition) is 5. The van der Waals surface area contributed by atoms with Crippen LogP contribution in [0.1, 0.15) is 25.7 Å². The van der Waals surface area contributed by atoms with E-state index in [1.54, 1.807) is 0 Å². The number of fused-ring (bicyclic) bond motifs is 3. The molecule has 1 aliphatic heterocycles. The monoisotopic (exact) mass is 389 g/mol. The highest BCUT2D eigenvalue weighted by atomic mass is 35.5. The van der Waals surface area contributed by atoms with Crippen LogP contribution in [0.4, 0.5) is 5.69 Å². The van der Waals surface area contributed by atoms with Gasteiger partial charge in [0.05, 0.1) is 10.7 Å². The zero-order valence-corrected chi connectivity index (χ0v) is 14.9. The second-order valence-corrected chi connectivity index (χ2v) is 10.1. The fourth-order valence-electron chi connectivity index (χ4n) is 3.82. The van der Waals surface area contributed by atoms with E-state index in [-0.39, 0.29) is 15.6 Å². The molecule has 24 heavy (non-hydrogen) atoms. The zero-order chi connectivity index (χ0) is 17.3. The highest BCUT2D eigenvalue weighted by Crippen LogP contribution is 2.46. The number of allylic oxidation sites excluding steroid dienone is 1. The molecule has 4 N–H and O–H groups in total. The lowest BCUT2D eigenvalue weighted by atomic mass is 9.97. The Labute approximate surface area is 145 Å². The fourth-order valence-corrected chi connectivity index (χ4v) is 6.32. The van der Waals surface area contributed by atoms with Crippen LogP contribution in [0.15, 0.2) is 33.1 Å². The van der Waals surface area contributed by atoms with Crippen molar-refractivity contribution in [1.82, 2.24) is 4.72 Å². The van der Waals surface area contributed by atoms with Crippen molar-refractivity contribution in [3.63, 3.8) is 0 Å². The fraction of sp³-hybridized carbons (Fsp3) is 0.429. The second kappa shape index (κ2) is 5.18. The SMILES string of the molecule is NS(=O)(=O)c1cc2c(cc1Cl)NC(C1=C3CCC(C3)C1)NS2(=O)=O. The van der Waals surface area contributed by atoms with Crippen LogP contribution < -0.4 is 15.2 Å². The molecule has 130 valence electrons. The molecule has 4 rings (SSSR count). The Kier molecular flexibility index (Phi) is 3.53. The Morgan fingerprint density at radius 1 is 1.25 bits per heavy atom. The van der Waals surface area contributed by atoms with E-state index in [0.717, 1.165) is 30.9 Å². The molecule has 2 aliphatic carbocycles. The van der Waals surface area contributed by atoms with Gasteiger partial charge in [0.1, 0.15) is 16.0 Å². The maximum atomic E-state index is 12.6. The smallest absolute Gasteiger partial charge is 0.244 e. The summed E-state index contributed by atoms with van der Waals surface area (Å²) < 4.78 is 50.9. The first-order valence-corrected chi connectivity index (χ1v) is 10.9. The highest BCUT2D eigenvalue weighted by molar-refractivity contribution is 7.90. The number of halogens is 1. The summed E-state index contributed by atoms with van der Waals surface area (Å²) in [5.41, 5.74) is 2.69. The third-order valence-corrected chi connectivity index (χ3v) is 7.74. The van der Waals surface area contributed by atoms with Gasteiger partial charge in [-0.25, -0.2) is 22.0 Å². The summed E-state index contributed by atoms with van der Waals surface area (Å²) in [7, 11) is -7.98. The molecule has 10 heteroatoms. The van der Waals surface area contributed by atoms with Crippen LogP contribution in [-0.4, -0.2) is 23.0 Å². The highest BCUT2D eigenvalue weighted by Gasteiger charge is 2.39. The van der Waals surface area contributed by atoms with E-state index in [0.29, 0.717) is 5.92 Å². The van der Waals surface area contributed by atoms with E-state index in [9.17, 15) is 16.8 Å². The van der Waals surface area contributed by atoms with E-state index in [2.05, 4.69) is 10.0 Å². The molecule has 1 fully saturated rings. The molecule has 0 radical (unpaired) electrons. The van der Waals surface area contributed by atoms with Crippen molar-refractivity contribution < 1.29 is 16.8 Å². The van der Waals surface area contributed by atoms with Gasteiger partial charge in [0.15, 0.2) is 0 Å². The average Bonchev–Trinajstić information content (AvgIpc) is 3.06. The molecule has 2 bridgehead atoms. The van der Waals surface area contributed by atoms with Gasteiger partial charge in [0.2, 0.25) is 20.0 Å². The van der Waals surface area contributed by atoms with Crippen LogP contribution >= 0.6 is 11.6 Å². The lowest BCUT2D eigenvalue weighted by Crippen LogP contribution is -2.46. The Bertz CT molecular complexity index is 986. The lowest BCUT2D eigenvalue weighted by molar-refractivity contribution is 0.530. The third kappa shape index (κ3) is 2.55. The molecule has 1 heterocycles. The van der Waals surface area contributed by atoms with Gasteiger partial charge >= 0.3 is 0 Å². The molecule has 7 nitrogen and oxygen atoms in total. The number of sulfonamides is 2. The predicted octanol–water partition coefficient (Wildman–Crippen LogP) is 1.52. The van der Waals surface area contributed by atoms with Gasteiger partial charge in [-0.05, 0) is 49.3 Å². The van der Waals surface area contributed by atoms with Crippen molar-refractivity contribution in [3.05, 3.63) is 28.3 Å². The predicted molar refractivity (Wildman–Crippen MR) is 89.5 cm³/mol. The average molecular weight is 390 g/mol. The standard InChI is InChI=1S/C14H16ClN3O4S2/c15-10-5-11-13(6-12(10)23(16,19)20)24(21,22)18-14(17-11)9-4-7-1-2-8(9)3-7/h5-7,14,17-18H,1-4H2,(H2,16,19,20). The van der Waals surface area contributed by atoms with Crippen LogP contribution in [0.25, 0.3) is 0 Å². The van der Waals surface area contributed by atoms with Crippen LogP contribution in [0.3, 0.4) is 0 Å². The van der Waals surface area contributed by atoms with Gasteiger partial charge in [0, 0.05) is 0 Å². The number of hydrogen-bond donors (Lipinski definition) is 3. The maximum Gasteiger partial charge on any atom is 0.244 e. The maximum absolute atomic E-state index is 12.6. The molecule has 1 aromatic carbocycles. The van der Waals surface area contributed by atoms with Crippen molar-refractivity contribution >= 4 is 37.3 Å². The molecule has 1 saturated carbocycles. The van der Waals surface area contributed by atoms with Crippen molar-refractivity contribution in [3.8, 4) is 0 Å². The number of rotatable bonds is 2. The Morgan fingerprint density at radius 3 is 2.58 bits per heavy atom. The molecule has 0 spiro atoms. The number of anilines is 1. The van der Waals surface area contributed by atoms with E-state index in [1.807, 2.05) is 0 Å². The molecule has 0 saturated heterocycles. The summed E-state index contributed by atoms with van der Waals surface area (Å²) in [5, 5.41) is 8.12. The molecular formula is C14H16ClN3O4S2. The first-order chi connectivity index (χ1) is 11.1. The van der Waals surface area contributed by atoms with Gasteiger partial charge < -0.3 is 5.32 Å². The Morgan fingerprint density at radius 2 is 2.00 bits per heavy atom. The Hall–Kier alpha value is -1.13. The van der Waals surface area contributed by atoms with Gasteiger partial charge in [0.25, 0.3) is 0 Å². The van der Waals surface area contributed by atoms with E-state index in [1.165, 1.54) is 18.1 Å². The molecule has 2 atom stereocenters. The molecule has 0 aromatic heterocycles. The van der Waals surface area contributed by atoms with Gasteiger partial charge in [-0.15, -0.1) is 0 Å². The van der Waals surface area contributed by atoms with E-state index >= 15 is 0 Å². The summed E-state index contributed by atoms with van der Waals surface area (Å²) in [5.74, 6) is 0.607. The topological polar surface area (TPSA) is 118 Å². The summed E-state index contributed by atoms with van der Waals surface area (Å²) in [6.07, 6.45) is 3.58. The first-order valence-electron chi connectivity index (χ1n) is 7.51. The third-order valence-electron chi connectivity index (χ3n) is 4.90. The lowest BCUT2D eigenvalue weighted by Gasteiger charge is -2.31. The van der Waals surface area contributed by atoms with E-state index < -0.39 is 31.1 Å². The number of primary sulfonamides is 1. The van der Waals surface area contributed by atoms with Gasteiger partial charge in [-0.3, -0.25) is 0 Å². The summed E-state index contributed by atoms with van der Waals surface area (Å²) in [6.45, 7) is 0. The van der Waals surface area contributed by atoms with E-state index in [4.69, 9.17) is 16.7 Å². The number of benzene rings is 1. The van der Waals surface area contributed by atoms with Crippen LogP contribution in [0.5, 0.6) is 0 Å². The summed E-state index contributed by atoms with van der Waals surface area (Å²) >= 11 is 5.98. The second-order valence-electron chi connectivity index (χ2n) is 6.46. The zero-order valence-electron chi connectivity index (χ0n) is 12.5. The van der Waals surface area contributed by atoms with Crippen molar-refractivity contribution in [2.45, 2.75) is 41.6 Å².